The van der Waals surface area contributed by atoms with Gasteiger partial charge in [0.15, 0.2) is 0 Å². The van der Waals surface area contributed by atoms with E-state index >= 15 is 0 Å². The van der Waals surface area contributed by atoms with Gasteiger partial charge in [0.1, 0.15) is 0 Å². The summed E-state index contributed by atoms with van der Waals surface area (Å²) in [6.07, 6.45) is 0. The van der Waals surface area contributed by atoms with E-state index in [1.54, 1.807) is 0 Å². The van der Waals surface area contributed by atoms with Gasteiger partial charge in [-0.1, -0.05) is 0 Å². The van der Waals surface area contributed by atoms with Gasteiger partial charge in [-0.05, 0) is 0 Å². The van der Waals surface area contributed by atoms with Gasteiger partial charge in [0.2, 0.25) is 0 Å². The molecule has 0 bridgehead atoms. The molecule has 1 aromatic rings. The molecule has 8 heavy (non-hydrogen) atoms. The molecular formula is C7H8Mn. The van der Waals surface area contributed by atoms with Crippen molar-refractivity contribution in [3.8, 4) is 0 Å². The monoisotopic (exact) mass is 147 g/mol. The molecule has 0 aliphatic carbocycles. The molecular weight excluding hydrogens is 139 g/mol. The van der Waals surface area contributed by atoms with Crippen molar-refractivity contribution in [3.63, 3.8) is 0 Å². The molecule has 0 amide bonds. The van der Waals surface area contributed by atoms with Crippen LogP contribution in [0.5, 0.6) is 0 Å². The van der Waals surface area contributed by atoms with Crippen LogP contribution in [0.15, 0.2) is 30.3 Å². The first-order chi connectivity index (χ1) is 3.00. The van der Waals surface area contributed by atoms with Crippen LogP contribution in [0.2, 0.25) is 0 Å². The molecule has 0 aromatic heterocycles. The first kappa shape index (κ1) is 10.7. The van der Waals surface area contributed by atoms with Crippen molar-refractivity contribution in [2.24, 2.45) is 0 Å². The molecule has 1 rings (SSSR count). The van der Waals surface area contributed by atoms with Crippen LogP contribution in [0.4, 0.5) is 0 Å². The molecule has 0 nitrogen and oxygen atoms in total. The van der Waals surface area contributed by atoms with E-state index in [-0.39, 0.29) is 24.5 Å². The van der Waals surface area contributed by atoms with Crippen molar-refractivity contribution in [1.29, 1.82) is 0 Å². The smallest absolute Gasteiger partial charge is 0.358 e. The predicted octanol–water partition coefficient (Wildman–Crippen LogP) is 1.93. The topological polar surface area (TPSA) is 0 Å². The Morgan fingerprint density at radius 2 is 1.38 bits per heavy atom. The van der Waals surface area contributed by atoms with Crippen molar-refractivity contribution >= 4 is 0 Å². The summed E-state index contributed by atoms with van der Waals surface area (Å²) in [6, 6.07) is 12.5. The third-order valence-corrected chi connectivity index (χ3v) is 0.607. The number of rotatable bonds is 0. The van der Waals surface area contributed by atoms with E-state index in [0.29, 0.717) is 0 Å². The molecule has 0 unspecified atom stereocenters. The van der Waals surface area contributed by atoms with Crippen LogP contribution >= 0.6 is 0 Å². The molecule has 0 aliphatic rings. The first-order valence-electron chi connectivity index (χ1n) is 1.91. The van der Waals surface area contributed by atoms with Gasteiger partial charge < -0.3 is 7.43 Å². The normalized spacial score (nSPS) is 6.00. The Labute approximate surface area is 61.4 Å². The van der Waals surface area contributed by atoms with E-state index in [1.807, 2.05) is 30.3 Å². The first-order valence-corrected chi connectivity index (χ1v) is 1.91. The molecule has 0 saturated heterocycles. The maximum atomic E-state index is 2.89. The fourth-order valence-corrected chi connectivity index (χ4v) is 0.342. The third-order valence-electron chi connectivity index (χ3n) is 0.607. The Bertz CT molecular complexity index is 76.3. The Morgan fingerprint density at radius 3 is 1.50 bits per heavy atom. The summed E-state index contributed by atoms with van der Waals surface area (Å²) in [6.45, 7) is 0. The largest absolute Gasteiger partial charge is 2.00 e. The maximum absolute atomic E-state index is 2.89. The molecule has 43 valence electrons. The summed E-state index contributed by atoms with van der Waals surface area (Å²) in [4.78, 5) is 0. The zero-order chi connectivity index (χ0) is 4.24. The summed E-state index contributed by atoms with van der Waals surface area (Å²) >= 11 is 0. The Hall–Kier alpha value is -0.261. The minimum Gasteiger partial charge on any atom is -0.358 e. The van der Waals surface area contributed by atoms with Crippen LogP contribution in [-0.2, 0) is 17.1 Å². The Kier molecular flexibility index (Phi) is 8.99. The summed E-state index contributed by atoms with van der Waals surface area (Å²) < 4.78 is 0. The zero-order valence-corrected chi connectivity index (χ0v) is 5.95. The average molecular weight is 147 g/mol. The fraction of sp³-hybridized carbons (Fsp3) is 0. The molecule has 0 spiro atoms. The number of benzene rings is 1. The predicted molar refractivity (Wildman–Crippen MR) is 31.7 cm³/mol. The van der Waals surface area contributed by atoms with Crippen LogP contribution in [0, 0.1) is 13.5 Å². The second-order valence-corrected chi connectivity index (χ2v) is 1.08. The Balaban J connectivity index is 0. The molecule has 1 radical (unpaired) electrons. The van der Waals surface area contributed by atoms with Gasteiger partial charge in [0, 0.05) is 0 Å². The number of hydrogen-bond acceptors (Lipinski definition) is 0. The van der Waals surface area contributed by atoms with Crippen LogP contribution in [-0.4, -0.2) is 0 Å². The molecule has 0 atom stereocenters. The van der Waals surface area contributed by atoms with Crippen LogP contribution in [0.25, 0.3) is 0 Å². The average Bonchev–Trinajstić information content (AvgIpc) is 1.72. The minimum absolute atomic E-state index is 0. The molecule has 0 saturated carbocycles. The second-order valence-electron chi connectivity index (χ2n) is 1.08. The third kappa shape index (κ3) is 3.91. The molecule has 0 N–H and O–H groups in total. The second kappa shape index (κ2) is 6.74. The molecule has 0 aliphatic heterocycles. The summed E-state index contributed by atoms with van der Waals surface area (Å²) in [5.41, 5.74) is 0. The van der Waals surface area contributed by atoms with E-state index in [1.165, 1.54) is 0 Å². The van der Waals surface area contributed by atoms with Gasteiger partial charge in [0.05, 0.1) is 0 Å². The van der Waals surface area contributed by atoms with Crippen molar-refractivity contribution < 1.29 is 17.1 Å². The Morgan fingerprint density at radius 1 is 0.875 bits per heavy atom. The SMILES string of the molecule is [CH3-].[Mn+2].[c-]1ccccc1. The molecule has 1 heteroatoms. The van der Waals surface area contributed by atoms with Crippen molar-refractivity contribution in [1.82, 2.24) is 0 Å². The summed E-state index contributed by atoms with van der Waals surface area (Å²) in [5, 5.41) is 0. The maximum Gasteiger partial charge on any atom is 2.00 e. The van der Waals surface area contributed by atoms with Gasteiger partial charge in [-0.25, -0.2) is 0 Å². The van der Waals surface area contributed by atoms with Crippen molar-refractivity contribution in [3.05, 3.63) is 43.8 Å². The molecule has 0 fully saturated rings. The van der Waals surface area contributed by atoms with E-state index in [2.05, 4.69) is 6.07 Å². The molecule has 0 heterocycles. The van der Waals surface area contributed by atoms with Gasteiger partial charge in [-0.3, -0.25) is 0 Å². The van der Waals surface area contributed by atoms with Gasteiger partial charge in [-0.2, -0.15) is 36.4 Å². The standard InChI is InChI=1S/C6H5.CH3.Mn/c1-2-4-6-5-3-1;;/h1-5H;1H3;/q2*-1;+2. The quantitative estimate of drug-likeness (QED) is 0.388. The van der Waals surface area contributed by atoms with Crippen LogP contribution < -0.4 is 0 Å². The zero-order valence-electron chi connectivity index (χ0n) is 4.76. The van der Waals surface area contributed by atoms with Crippen LogP contribution in [0.3, 0.4) is 0 Å². The summed E-state index contributed by atoms with van der Waals surface area (Å²) in [7, 11) is 0. The number of hydrogen-bond donors (Lipinski definition) is 0. The van der Waals surface area contributed by atoms with Gasteiger partial charge in [0.25, 0.3) is 0 Å². The summed E-state index contributed by atoms with van der Waals surface area (Å²) in [5.74, 6) is 0. The van der Waals surface area contributed by atoms with E-state index in [4.69, 9.17) is 0 Å². The van der Waals surface area contributed by atoms with Gasteiger partial charge in [-0.15, -0.1) is 0 Å². The van der Waals surface area contributed by atoms with Crippen molar-refractivity contribution in [2.75, 3.05) is 0 Å². The molecule has 1 aromatic carbocycles. The fourth-order valence-electron chi connectivity index (χ4n) is 0.342. The van der Waals surface area contributed by atoms with E-state index in [9.17, 15) is 0 Å². The van der Waals surface area contributed by atoms with Crippen molar-refractivity contribution in [2.45, 2.75) is 0 Å². The van der Waals surface area contributed by atoms with Crippen LogP contribution in [0.1, 0.15) is 0 Å². The van der Waals surface area contributed by atoms with E-state index in [0.717, 1.165) is 0 Å². The van der Waals surface area contributed by atoms with E-state index < -0.39 is 0 Å². The van der Waals surface area contributed by atoms with Gasteiger partial charge >= 0.3 is 17.1 Å². The minimum atomic E-state index is 0.